The first-order valence-corrected chi connectivity index (χ1v) is 10.5. The van der Waals surface area contributed by atoms with Gasteiger partial charge in [-0.05, 0) is 35.9 Å². The fraction of sp³-hybridized carbons (Fsp3) is 0. The highest BCUT2D eigenvalue weighted by atomic mass is 79.9. The van der Waals surface area contributed by atoms with E-state index in [0.717, 1.165) is 37.0 Å². The second kappa shape index (κ2) is 9.11. The molecule has 0 saturated heterocycles. The molecule has 6 heteroatoms. The zero-order valence-corrected chi connectivity index (χ0v) is 18.4. The average Bonchev–Trinajstić information content (AvgIpc) is 2.76. The summed E-state index contributed by atoms with van der Waals surface area (Å²) >= 11 is 6.91. The van der Waals surface area contributed by atoms with Gasteiger partial charge in [0.25, 0.3) is 0 Å². The molecule has 1 heterocycles. The van der Waals surface area contributed by atoms with Gasteiger partial charge in [-0.15, -0.1) is 0 Å². The van der Waals surface area contributed by atoms with Gasteiger partial charge < -0.3 is 0 Å². The van der Waals surface area contributed by atoms with Gasteiger partial charge in [-0.25, -0.2) is 15.4 Å². The standard InChI is InChI=1S/C23H16Br2N4/c24-19-10-6-16(7-11-19)15-26-29-23-27-21(17-4-2-1-3-5-17)14-22(28-23)18-8-12-20(25)13-9-18/h1-15H,(H,27,28,29)/b26-15+. The molecule has 0 aliphatic heterocycles. The Morgan fingerprint density at radius 1 is 0.690 bits per heavy atom. The van der Waals surface area contributed by atoms with Gasteiger partial charge in [0.1, 0.15) is 0 Å². The Morgan fingerprint density at radius 3 is 1.86 bits per heavy atom. The van der Waals surface area contributed by atoms with E-state index < -0.39 is 0 Å². The van der Waals surface area contributed by atoms with Crippen LogP contribution in [0.1, 0.15) is 5.56 Å². The molecule has 0 bridgehead atoms. The molecule has 3 aromatic carbocycles. The van der Waals surface area contributed by atoms with E-state index in [1.54, 1.807) is 6.21 Å². The lowest BCUT2D eigenvalue weighted by Gasteiger charge is -2.08. The van der Waals surface area contributed by atoms with Gasteiger partial charge in [-0.1, -0.05) is 86.5 Å². The predicted molar refractivity (Wildman–Crippen MR) is 126 cm³/mol. The maximum Gasteiger partial charge on any atom is 0.244 e. The van der Waals surface area contributed by atoms with Crippen LogP contribution in [0.25, 0.3) is 22.5 Å². The first-order chi connectivity index (χ1) is 14.2. The van der Waals surface area contributed by atoms with Crippen molar-refractivity contribution in [3.05, 3.63) is 99.4 Å². The first-order valence-electron chi connectivity index (χ1n) is 8.92. The van der Waals surface area contributed by atoms with E-state index in [1.807, 2.05) is 84.9 Å². The molecular formula is C23H16Br2N4. The smallest absolute Gasteiger partial charge is 0.244 e. The lowest BCUT2D eigenvalue weighted by Crippen LogP contribution is -2.00. The summed E-state index contributed by atoms with van der Waals surface area (Å²) in [5, 5.41) is 4.30. The van der Waals surface area contributed by atoms with Crippen molar-refractivity contribution in [1.82, 2.24) is 9.97 Å². The van der Waals surface area contributed by atoms with E-state index in [2.05, 4.69) is 52.4 Å². The number of hydrogen-bond acceptors (Lipinski definition) is 4. The highest BCUT2D eigenvalue weighted by molar-refractivity contribution is 9.10. The number of nitrogens with one attached hydrogen (secondary N) is 1. The minimum Gasteiger partial charge on any atom is -0.245 e. The van der Waals surface area contributed by atoms with Crippen molar-refractivity contribution in [2.24, 2.45) is 5.10 Å². The van der Waals surface area contributed by atoms with Gasteiger partial charge in [0, 0.05) is 20.1 Å². The van der Waals surface area contributed by atoms with Gasteiger partial charge in [-0.3, -0.25) is 0 Å². The van der Waals surface area contributed by atoms with Crippen molar-refractivity contribution in [2.75, 3.05) is 5.43 Å². The van der Waals surface area contributed by atoms with Crippen molar-refractivity contribution >= 4 is 44.0 Å². The quantitative estimate of drug-likeness (QED) is 0.239. The maximum absolute atomic E-state index is 4.65. The van der Waals surface area contributed by atoms with Crippen LogP contribution < -0.4 is 5.43 Å². The third-order valence-corrected chi connectivity index (χ3v) is 5.24. The number of benzene rings is 3. The number of hydrazone groups is 1. The summed E-state index contributed by atoms with van der Waals surface area (Å²) < 4.78 is 2.05. The zero-order chi connectivity index (χ0) is 20.1. The molecule has 0 spiro atoms. The summed E-state index contributed by atoms with van der Waals surface area (Å²) in [5.74, 6) is 0.442. The predicted octanol–water partition coefficient (Wildman–Crippen LogP) is 6.78. The van der Waals surface area contributed by atoms with Crippen molar-refractivity contribution in [3.8, 4) is 22.5 Å². The topological polar surface area (TPSA) is 50.2 Å². The zero-order valence-electron chi connectivity index (χ0n) is 15.3. The Bertz CT molecular complexity index is 1130. The molecule has 4 aromatic rings. The number of aromatic nitrogens is 2. The molecule has 0 radical (unpaired) electrons. The van der Waals surface area contributed by atoms with Crippen LogP contribution in [0.3, 0.4) is 0 Å². The minimum absolute atomic E-state index is 0.442. The fourth-order valence-corrected chi connectivity index (χ4v) is 3.26. The van der Waals surface area contributed by atoms with E-state index in [-0.39, 0.29) is 0 Å². The van der Waals surface area contributed by atoms with Crippen LogP contribution in [-0.4, -0.2) is 16.2 Å². The van der Waals surface area contributed by atoms with Crippen LogP contribution in [0.4, 0.5) is 5.95 Å². The third-order valence-electron chi connectivity index (χ3n) is 4.18. The minimum atomic E-state index is 0.442. The molecule has 0 unspecified atom stereocenters. The number of nitrogens with zero attached hydrogens (tertiary/aromatic N) is 3. The first kappa shape index (κ1) is 19.5. The highest BCUT2D eigenvalue weighted by Gasteiger charge is 2.08. The molecule has 0 aliphatic rings. The third kappa shape index (κ3) is 5.16. The largest absolute Gasteiger partial charge is 0.245 e. The molecule has 1 aromatic heterocycles. The molecule has 0 aliphatic carbocycles. The summed E-state index contributed by atoms with van der Waals surface area (Å²) in [6.45, 7) is 0. The van der Waals surface area contributed by atoms with E-state index in [1.165, 1.54) is 0 Å². The molecule has 142 valence electrons. The SMILES string of the molecule is Brc1ccc(/C=N/Nc2nc(-c3ccccc3)cc(-c3ccc(Br)cc3)n2)cc1. The molecule has 0 fully saturated rings. The summed E-state index contributed by atoms with van der Waals surface area (Å²) in [4.78, 5) is 9.28. The molecule has 0 amide bonds. The molecule has 0 saturated carbocycles. The highest BCUT2D eigenvalue weighted by Crippen LogP contribution is 2.26. The molecule has 0 atom stereocenters. The summed E-state index contributed by atoms with van der Waals surface area (Å²) in [6, 6.07) is 28.0. The lowest BCUT2D eigenvalue weighted by atomic mass is 10.1. The van der Waals surface area contributed by atoms with Crippen LogP contribution in [0.5, 0.6) is 0 Å². The van der Waals surface area contributed by atoms with Crippen molar-refractivity contribution in [1.29, 1.82) is 0 Å². The van der Waals surface area contributed by atoms with Gasteiger partial charge >= 0.3 is 0 Å². The van der Waals surface area contributed by atoms with Crippen LogP contribution >= 0.6 is 31.9 Å². The Labute approximate surface area is 186 Å². The summed E-state index contributed by atoms with van der Waals surface area (Å²) in [6.07, 6.45) is 1.74. The van der Waals surface area contributed by atoms with Gasteiger partial charge in [-0.2, -0.15) is 5.10 Å². The Morgan fingerprint density at radius 2 is 1.24 bits per heavy atom. The monoisotopic (exact) mass is 506 g/mol. The molecular weight excluding hydrogens is 492 g/mol. The van der Waals surface area contributed by atoms with E-state index in [4.69, 9.17) is 0 Å². The normalized spacial score (nSPS) is 11.0. The van der Waals surface area contributed by atoms with Crippen LogP contribution in [0.2, 0.25) is 0 Å². The number of rotatable bonds is 5. The molecule has 4 nitrogen and oxygen atoms in total. The number of halogens is 2. The summed E-state index contributed by atoms with van der Waals surface area (Å²) in [5.41, 5.74) is 7.63. The maximum atomic E-state index is 4.65. The van der Waals surface area contributed by atoms with Gasteiger partial charge in [0.15, 0.2) is 0 Å². The van der Waals surface area contributed by atoms with Gasteiger partial charge in [0.05, 0.1) is 17.6 Å². The van der Waals surface area contributed by atoms with Crippen molar-refractivity contribution < 1.29 is 0 Å². The van der Waals surface area contributed by atoms with Crippen molar-refractivity contribution in [3.63, 3.8) is 0 Å². The van der Waals surface area contributed by atoms with Gasteiger partial charge in [0.2, 0.25) is 5.95 Å². The van der Waals surface area contributed by atoms with E-state index >= 15 is 0 Å². The Balaban J connectivity index is 1.67. The number of anilines is 1. The Kier molecular flexibility index (Phi) is 6.12. The molecule has 29 heavy (non-hydrogen) atoms. The summed E-state index contributed by atoms with van der Waals surface area (Å²) in [7, 11) is 0. The fourth-order valence-electron chi connectivity index (χ4n) is 2.74. The van der Waals surface area contributed by atoms with Crippen LogP contribution in [0, 0.1) is 0 Å². The van der Waals surface area contributed by atoms with Crippen molar-refractivity contribution in [2.45, 2.75) is 0 Å². The second-order valence-electron chi connectivity index (χ2n) is 6.26. The lowest BCUT2D eigenvalue weighted by molar-refractivity contribution is 1.13. The molecule has 1 N–H and O–H groups in total. The van der Waals surface area contributed by atoms with E-state index in [9.17, 15) is 0 Å². The Hall–Kier alpha value is -2.83. The number of hydrogen-bond donors (Lipinski definition) is 1. The van der Waals surface area contributed by atoms with Crippen LogP contribution in [-0.2, 0) is 0 Å². The van der Waals surface area contributed by atoms with Crippen LogP contribution in [0.15, 0.2) is 99.0 Å². The molecule has 4 rings (SSSR count). The average molecular weight is 508 g/mol. The van der Waals surface area contributed by atoms with E-state index in [0.29, 0.717) is 5.95 Å². The second-order valence-corrected chi connectivity index (χ2v) is 8.09.